The van der Waals surface area contributed by atoms with Crippen LogP contribution in [0.1, 0.15) is 19.4 Å². The first-order valence-electron chi connectivity index (χ1n) is 6.24. The van der Waals surface area contributed by atoms with Crippen LogP contribution in [0.5, 0.6) is 0 Å². The molecule has 19 heavy (non-hydrogen) atoms. The molecule has 0 N–H and O–H groups in total. The average Bonchev–Trinajstić information content (AvgIpc) is 2.38. The Morgan fingerprint density at radius 2 is 1.95 bits per heavy atom. The molecule has 0 amide bonds. The van der Waals surface area contributed by atoms with Gasteiger partial charge in [0.1, 0.15) is 6.07 Å². The van der Waals surface area contributed by atoms with Gasteiger partial charge in [0.2, 0.25) is 8.32 Å². The van der Waals surface area contributed by atoms with Gasteiger partial charge in [-0.15, -0.1) is 11.6 Å². The molecule has 2 nitrogen and oxygen atoms in total. The van der Waals surface area contributed by atoms with Crippen LogP contribution in [0.4, 0.5) is 0 Å². The van der Waals surface area contributed by atoms with Crippen LogP contribution in [0, 0.1) is 11.3 Å². The first-order valence-corrected chi connectivity index (χ1v) is 9.89. The molecular formula is C15H20ClNOSi. The van der Waals surface area contributed by atoms with Gasteiger partial charge in [-0.05, 0) is 33.0 Å². The fraction of sp³-hybridized carbons (Fsp3) is 0.400. The molecule has 1 aromatic carbocycles. The largest absolute Gasteiger partial charge is 0.392 e. The van der Waals surface area contributed by atoms with Crippen molar-refractivity contribution in [3.63, 3.8) is 0 Å². The van der Waals surface area contributed by atoms with Gasteiger partial charge in [0, 0.05) is 11.1 Å². The standard InChI is InChI=1S/C15H20ClNOSi/c1-13(2)10-15(11-17,18-19(3,4)12-16)14-8-6-5-7-9-14/h5-10H,12H2,1-4H3. The van der Waals surface area contributed by atoms with E-state index < -0.39 is 13.9 Å². The van der Waals surface area contributed by atoms with Crippen LogP contribution in [-0.4, -0.2) is 13.8 Å². The molecule has 0 aliphatic carbocycles. The normalized spacial score (nSPS) is 14.3. The van der Waals surface area contributed by atoms with Crippen molar-refractivity contribution >= 4 is 19.9 Å². The van der Waals surface area contributed by atoms with Gasteiger partial charge in [0.05, 0.1) is 0 Å². The molecular weight excluding hydrogens is 274 g/mol. The van der Waals surface area contributed by atoms with Crippen LogP contribution < -0.4 is 0 Å². The van der Waals surface area contributed by atoms with Gasteiger partial charge in [-0.1, -0.05) is 35.9 Å². The third-order valence-electron chi connectivity index (χ3n) is 2.62. The molecule has 0 bridgehead atoms. The topological polar surface area (TPSA) is 33.0 Å². The summed E-state index contributed by atoms with van der Waals surface area (Å²) in [4.78, 5) is 0. The Hall–Kier alpha value is -1.08. The summed E-state index contributed by atoms with van der Waals surface area (Å²) in [7, 11) is -2.08. The summed E-state index contributed by atoms with van der Waals surface area (Å²) in [6.45, 7) is 7.98. The lowest BCUT2D eigenvalue weighted by atomic mass is 9.93. The summed E-state index contributed by atoms with van der Waals surface area (Å²) in [5.41, 5.74) is 1.32. The van der Waals surface area contributed by atoms with Crippen molar-refractivity contribution in [2.24, 2.45) is 0 Å². The van der Waals surface area contributed by atoms with Crippen LogP contribution >= 0.6 is 11.6 Å². The first-order chi connectivity index (χ1) is 8.85. The molecule has 0 aromatic heterocycles. The first kappa shape index (κ1) is 16.0. The summed E-state index contributed by atoms with van der Waals surface area (Å²) < 4.78 is 6.19. The van der Waals surface area contributed by atoms with Crippen LogP contribution in [0.2, 0.25) is 13.1 Å². The van der Waals surface area contributed by atoms with Crippen molar-refractivity contribution in [1.29, 1.82) is 5.26 Å². The van der Waals surface area contributed by atoms with Crippen LogP contribution in [0.15, 0.2) is 42.0 Å². The second kappa shape index (κ2) is 6.38. The van der Waals surface area contributed by atoms with Crippen molar-refractivity contribution in [2.75, 3.05) is 5.50 Å². The zero-order valence-corrected chi connectivity index (χ0v) is 13.7. The van der Waals surface area contributed by atoms with Crippen LogP contribution in [-0.2, 0) is 10.0 Å². The lowest BCUT2D eigenvalue weighted by Gasteiger charge is -2.33. The van der Waals surface area contributed by atoms with Gasteiger partial charge in [-0.3, -0.25) is 0 Å². The highest BCUT2D eigenvalue weighted by Gasteiger charge is 2.38. The molecule has 0 spiro atoms. The van der Waals surface area contributed by atoms with Gasteiger partial charge in [0.25, 0.3) is 0 Å². The smallest absolute Gasteiger partial charge is 0.204 e. The Morgan fingerprint density at radius 1 is 1.37 bits per heavy atom. The summed E-state index contributed by atoms with van der Waals surface area (Å²) >= 11 is 5.99. The molecule has 1 aromatic rings. The van der Waals surface area contributed by atoms with Gasteiger partial charge in [-0.25, -0.2) is 0 Å². The molecule has 102 valence electrons. The maximum Gasteiger partial charge on any atom is 0.204 e. The van der Waals surface area contributed by atoms with Crippen molar-refractivity contribution in [2.45, 2.75) is 32.5 Å². The highest BCUT2D eigenvalue weighted by atomic mass is 35.5. The summed E-state index contributed by atoms with van der Waals surface area (Å²) in [6.07, 6.45) is 1.88. The van der Waals surface area contributed by atoms with Crippen molar-refractivity contribution in [1.82, 2.24) is 0 Å². The Balaban J connectivity index is 3.33. The van der Waals surface area contributed by atoms with Gasteiger partial charge >= 0.3 is 0 Å². The quantitative estimate of drug-likeness (QED) is 0.459. The Kier molecular flexibility index (Phi) is 5.36. The zero-order chi connectivity index (χ0) is 14.5. The molecule has 1 unspecified atom stereocenters. The number of halogens is 1. The number of nitrogens with zero attached hydrogens (tertiary/aromatic N) is 1. The maximum absolute atomic E-state index is 9.70. The average molecular weight is 294 g/mol. The summed E-state index contributed by atoms with van der Waals surface area (Å²) in [5.74, 6) is 0. The number of hydrogen-bond donors (Lipinski definition) is 0. The molecule has 0 saturated carbocycles. The third-order valence-corrected chi connectivity index (χ3v) is 6.07. The fourth-order valence-corrected chi connectivity index (χ4v) is 3.16. The highest BCUT2D eigenvalue weighted by Crippen LogP contribution is 2.32. The van der Waals surface area contributed by atoms with E-state index in [1.807, 2.05) is 63.3 Å². The Bertz CT molecular complexity index is 489. The monoisotopic (exact) mass is 293 g/mol. The number of rotatable bonds is 5. The lowest BCUT2D eigenvalue weighted by molar-refractivity contribution is 0.171. The molecule has 0 fully saturated rings. The Morgan fingerprint density at radius 3 is 2.37 bits per heavy atom. The van der Waals surface area contributed by atoms with E-state index in [0.29, 0.717) is 5.50 Å². The van der Waals surface area contributed by atoms with E-state index in [4.69, 9.17) is 16.0 Å². The molecule has 0 heterocycles. The summed E-state index contributed by atoms with van der Waals surface area (Å²) in [5, 5.41) is 9.70. The van der Waals surface area contributed by atoms with Gasteiger partial charge in [0.15, 0.2) is 5.60 Å². The van der Waals surface area contributed by atoms with E-state index in [0.717, 1.165) is 11.1 Å². The highest BCUT2D eigenvalue weighted by molar-refractivity contribution is 6.77. The Labute approximate surface area is 121 Å². The second-order valence-electron chi connectivity index (χ2n) is 5.43. The lowest BCUT2D eigenvalue weighted by Crippen LogP contribution is -2.43. The van der Waals surface area contributed by atoms with E-state index in [2.05, 4.69) is 6.07 Å². The van der Waals surface area contributed by atoms with Crippen molar-refractivity contribution in [3.8, 4) is 6.07 Å². The van der Waals surface area contributed by atoms with Gasteiger partial charge in [-0.2, -0.15) is 5.26 Å². The molecule has 0 saturated heterocycles. The summed E-state index contributed by atoms with van der Waals surface area (Å²) in [6, 6.07) is 11.9. The van der Waals surface area contributed by atoms with Crippen LogP contribution in [0.3, 0.4) is 0 Å². The molecule has 0 aliphatic rings. The fourth-order valence-electron chi connectivity index (χ4n) is 1.85. The third kappa shape index (κ3) is 4.21. The molecule has 0 radical (unpaired) electrons. The van der Waals surface area contributed by atoms with E-state index in [1.165, 1.54) is 0 Å². The minimum atomic E-state index is -2.08. The molecule has 1 atom stereocenters. The number of alkyl halides is 1. The van der Waals surface area contributed by atoms with Crippen LogP contribution in [0.25, 0.3) is 0 Å². The number of allylic oxidation sites excluding steroid dienone is 1. The minimum absolute atomic E-state index is 0.458. The molecule has 0 aliphatic heterocycles. The number of hydrogen-bond acceptors (Lipinski definition) is 2. The zero-order valence-electron chi connectivity index (χ0n) is 11.9. The molecule has 4 heteroatoms. The predicted octanol–water partition coefficient (Wildman–Crippen LogP) is 4.37. The van der Waals surface area contributed by atoms with Crippen molar-refractivity contribution in [3.05, 3.63) is 47.5 Å². The van der Waals surface area contributed by atoms with Crippen molar-refractivity contribution < 1.29 is 4.43 Å². The van der Waals surface area contributed by atoms with E-state index in [1.54, 1.807) is 0 Å². The maximum atomic E-state index is 9.70. The second-order valence-corrected chi connectivity index (χ2v) is 10.2. The number of benzene rings is 1. The minimum Gasteiger partial charge on any atom is -0.392 e. The van der Waals surface area contributed by atoms with E-state index >= 15 is 0 Å². The number of nitriles is 1. The van der Waals surface area contributed by atoms with E-state index in [-0.39, 0.29) is 0 Å². The van der Waals surface area contributed by atoms with Gasteiger partial charge < -0.3 is 4.43 Å². The molecule has 1 rings (SSSR count). The van der Waals surface area contributed by atoms with E-state index in [9.17, 15) is 5.26 Å². The predicted molar refractivity (Wildman–Crippen MR) is 82.5 cm³/mol. The SMILES string of the molecule is CC(C)=CC(C#N)(O[Si](C)(C)CCl)c1ccccc1.